The number of fused-ring (bicyclic) bond motifs is 4. The number of imidazole rings is 1. The summed E-state index contributed by atoms with van der Waals surface area (Å²) in [5, 5.41) is 1.14. The van der Waals surface area contributed by atoms with E-state index in [2.05, 4.69) is 68.6 Å². The third kappa shape index (κ3) is 2.43. The van der Waals surface area contributed by atoms with E-state index in [-0.39, 0.29) is 0 Å². The summed E-state index contributed by atoms with van der Waals surface area (Å²) >= 11 is 0. The molecule has 0 unspecified atom stereocenters. The molecule has 0 spiro atoms. The van der Waals surface area contributed by atoms with Crippen molar-refractivity contribution in [3.05, 3.63) is 66.9 Å². The van der Waals surface area contributed by atoms with E-state index >= 15 is 0 Å². The predicted octanol–water partition coefficient (Wildman–Crippen LogP) is 5.11. The highest BCUT2D eigenvalue weighted by atomic mass is 16.5. The van der Waals surface area contributed by atoms with Gasteiger partial charge in [0.05, 0.1) is 36.2 Å². The van der Waals surface area contributed by atoms with E-state index in [1.807, 2.05) is 18.5 Å². The molecule has 30 heavy (non-hydrogen) atoms. The number of methoxy groups -OCH3 is 1. The number of hydrogen-bond acceptors (Lipinski definition) is 3. The van der Waals surface area contributed by atoms with Gasteiger partial charge in [-0.15, -0.1) is 0 Å². The van der Waals surface area contributed by atoms with E-state index in [1.54, 1.807) is 7.11 Å². The molecule has 1 aliphatic carbocycles. The molecule has 5 aromatic rings. The van der Waals surface area contributed by atoms with Crippen LogP contribution in [0.15, 0.2) is 61.1 Å². The van der Waals surface area contributed by atoms with Crippen LogP contribution >= 0.6 is 0 Å². The Labute approximate surface area is 173 Å². The highest BCUT2D eigenvalue weighted by molar-refractivity contribution is 5.98. The highest BCUT2D eigenvalue weighted by Gasteiger charge is 2.17. The van der Waals surface area contributed by atoms with Gasteiger partial charge in [0.15, 0.2) is 5.65 Å². The standard InChI is InChI=1S/C24H21N5O/c1-28-14-19(18-10-17(30-2)8-9-21(18)28)20-11-22-23(27-20)25-12-16-13-26-24(29(16)22)15-6-4-3-5-7-15/h4,6-14,27H,3,5H2,1-2H3. The smallest absolute Gasteiger partial charge is 0.154 e. The van der Waals surface area contributed by atoms with Crippen molar-refractivity contribution < 1.29 is 4.74 Å². The van der Waals surface area contributed by atoms with Crippen LogP contribution in [0.3, 0.4) is 0 Å². The van der Waals surface area contributed by atoms with Crippen LogP contribution in [0.2, 0.25) is 0 Å². The second-order valence-corrected chi connectivity index (χ2v) is 7.69. The number of hydrogen-bond donors (Lipinski definition) is 1. The molecule has 0 radical (unpaired) electrons. The number of aromatic amines is 1. The first-order valence-corrected chi connectivity index (χ1v) is 10.1. The summed E-state index contributed by atoms with van der Waals surface area (Å²) < 4.78 is 9.78. The fourth-order valence-corrected chi connectivity index (χ4v) is 4.38. The zero-order valence-corrected chi connectivity index (χ0v) is 16.9. The second-order valence-electron chi connectivity index (χ2n) is 7.69. The van der Waals surface area contributed by atoms with Crippen molar-refractivity contribution in [2.75, 3.05) is 7.11 Å². The number of rotatable bonds is 3. The number of aryl methyl sites for hydroxylation is 1. The summed E-state index contributed by atoms with van der Waals surface area (Å²) in [5.41, 5.74) is 7.32. The molecule has 0 saturated carbocycles. The van der Waals surface area contributed by atoms with E-state index < -0.39 is 0 Å². The Morgan fingerprint density at radius 3 is 2.80 bits per heavy atom. The normalized spacial score (nSPS) is 14.1. The van der Waals surface area contributed by atoms with Crippen LogP contribution in [-0.2, 0) is 7.05 Å². The number of ether oxygens (including phenoxy) is 1. The van der Waals surface area contributed by atoms with Gasteiger partial charge in [-0.2, -0.15) is 0 Å². The molecule has 1 aliphatic rings. The Bertz CT molecular complexity index is 1490. The number of aromatic nitrogens is 5. The Kier molecular flexibility index (Phi) is 3.62. The third-order valence-corrected chi connectivity index (χ3v) is 5.87. The van der Waals surface area contributed by atoms with Crippen molar-refractivity contribution in [3.63, 3.8) is 0 Å². The number of benzene rings is 1. The summed E-state index contributed by atoms with van der Waals surface area (Å²) in [6.07, 6.45) is 14.7. The van der Waals surface area contributed by atoms with Gasteiger partial charge in [-0.25, -0.2) is 9.97 Å². The molecule has 1 N–H and O–H groups in total. The van der Waals surface area contributed by atoms with Gasteiger partial charge in [-0.05, 0) is 37.1 Å². The minimum Gasteiger partial charge on any atom is -0.497 e. The van der Waals surface area contributed by atoms with Crippen LogP contribution in [0.4, 0.5) is 0 Å². The van der Waals surface area contributed by atoms with Crippen LogP contribution < -0.4 is 4.74 Å². The Morgan fingerprint density at radius 2 is 1.97 bits per heavy atom. The first-order valence-electron chi connectivity index (χ1n) is 10.1. The third-order valence-electron chi connectivity index (χ3n) is 5.87. The number of allylic oxidation sites excluding steroid dienone is 4. The maximum absolute atomic E-state index is 5.45. The molecule has 0 atom stereocenters. The zero-order valence-electron chi connectivity index (χ0n) is 16.9. The van der Waals surface area contributed by atoms with E-state index in [1.165, 1.54) is 0 Å². The lowest BCUT2D eigenvalue weighted by atomic mass is 10.1. The first-order chi connectivity index (χ1) is 14.7. The SMILES string of the molecule is COc1ccc2c(c1)c(-c1cc3c(ncc4cnc(C5=CCCC=C5)n43)[nH]1)cn2C. The molecule has 148 valence electrons. The summed E-state index contributed by atoms with van der Waals surface area (Å²) in [5.74, 6) is 1.80. The predicted molar refractivity (Wildman–Crippen MR) is 120 cm³/mol. The van der Waals surface area contributed by atoms with E-state index in [0.717, 1.165) is 68.8 Å². The molecule has 0 saturated heterocycles. The van der Waals surface area contributed by atoms with Crippen molar-refractivity contribution in [1.82, 2.24) is 23.9 Å². The van der Waals surface area contributed by atoms with E-state index in [9.17, 15) is 0 Å². The van der Waals surface area contributed by atoms with Crippen molar-refractivity contribution in [2.24, 2.45) is 7.05 Å². The van der Waals surface area contributed by atoms with Gasteiger partial charge in [0.2, 0.25) is 0 Å². The van der Waals surface area contributed by atoms with Crippen molar-refractivity contribution in [1.29, 1.82) is 0 Å². The minimum absolute atomic E-state index is 0.844. The summed E-state index contributed by atoms with van der Waals surface area (Å²) in [4.78, 5) is 12.9. The average molecular weight is 395 g/mol. The average Bonchev–Trinajstić information content (AvgIpc) is 3.48. The lowest BCUT2D eigenvalue weighted by molar-refractivity contribution is 0.415. The molecular weight excluding hydrogens is 374 g/mol. The van der Waals surface area contributed by atoms with Gasteiger partial charge >= 0.3 is 0 Å². The van der Waals surface area contributed by atoms with Crippen LogP contribution in [0, 0.1) is 0 Å². The van der Waals surface area contributed by atoms with Crippen molar-refractivity contribution in [3.8, 4) is 17.0 Å². The van der Waals surface area contributed by atoms with Crippen molar-refractivity contribution in [2.45, 2.75) is 12.8 Å². The largest absolute Gasteiger partial charge is 0.497 e. The maximum atomic E-state index is 5.45. The molecule has 4 heterocycles. The minimum atomic E-state index is 0.844. The van der Waals surface area contributed by atoms with Gasteiger partial charge in [-0.3, -0.25) is 4.40 Å². The van der Waals surface area contributed by atoms with Gasteiger partial charge in [0.25, 0.3) is 0 Å². The highest BCUT2D eigenvalue weighted by Crippen LogP contribution is 2.34. The Hall–Kier alpha value is -3.80. The molecule has 0 fully saturated rings. The van der Waals surface area contributed by atoms with E-state index in [0.29, 0.717) is 0 Å². The van der Waals surface area contributed by atoms with E-state index in [4.69, 9.17) is 9.72 Å². The van der Waals surface area contributed by atoms with Crippen LogP contribution in [-0.4, -0.2) is 31.0 Å². The fraction of sp³-hybridized carbons (Fsp3) is 0.167. The Balaban J connectivity index is 1.60. The molecule has 0 bridgehead atoms. The molecule has 6 nitrogen and oxygen atoms in total. The van der Waals surface area contributed by atoms with Crippen LogP contribution in [0.25, 0.3) is 44.4 Å². The number of nitrogens with one attached hydrogen (secondary N) is 1. The number of nitrogens with zero attached hydrogens (tertiary/aromatic N) is 4. The summed E-state index contributed by atoms with van der Waals surface area (Å²) in [7, 11) is 3.76. The lowest BCUT2D eigenvalue weighted by Crippen LogP contribution is -1.96. The topological polar surface area (TPSA) is 60.1 Å². The summed E-state index contributed by atoms with van der Waals surface area (Å²) in [6, 6.07) is 8.33. The molecule has 0 aliphatic heterocycles. The molecule has 4 aromatic heterocycles. The van der Waals surface area contributed by atoms with Gasteiger partial charge in [0.1, 0.15) is 11.6 Å². The summed E-state index contributed by atoms with van der Waals surface area (Å²) in [6.45, 7) is 0. The van der Waals surface area contributed by atoms with Gasteiger partial charge < -0.3 is 14.3 Å². The lowest BCUT2D eigenvalue weighted by Gasteiger charge is -2.07. The Morgan fingerprint density at radius 1 is 1.07 bits per heavy atom. The van der Waals surface area contributed by atoms with Crippen LogP contribution in [0.5, 0.6) is 5.75 Å². The van der Waals surface area contributed by atoms with Gasteiger partial charge in [-0.1, -0.05) is 18.2 Å². The molecule has 6 rings (SSSR count). The number of H-pyrrole nitrogens is 1. The zero-order chi connectivity index (χ0) is 20.2. The molecule has 1 aromatic carbocycles. The quantitative estimate of drug-likeness (QED) is 0.462. The molecule has 6 heteroatoms. The monoisotopic (exact) mass is 395 g/mol. The first kappa shape index (κ1) is 17.1. The molecule has 0 amide bonds. The molecular formula is C24H21N5O. The maximum Gasteiger partial charge on any atom is 0.154 e. The van der Waals surface area contributed by atoms with Gasteiger partial charge in [0, 0.05) is 35.3 Å². The second kappa shape index (κ2) is 6.35. The fourth-order valence-electron chi connectivity index (χ4n) is 4.38. The van der Waals surface area contributed by atoms with Crippen LogP contribution in [0.1, 0.15) is 18.7 Å². The van der Waals surface area contributed by atoms with Crippen molar-refractivity contribution >= 4 is 33.2 Å².